The standard InChI is InChI=1S/C20H22N2O4S/c23-18(22(15-10-11-15)14-6-2-1-3-7-14)12-25-19(24)13-27-20-21-16-8-4-5-9-17(16)26-20/h4-6,8-9,15H,1-3,7,10-13H2. The Hall–Kier alpha value is -2.28. The molecule has 0 unspecified atom stereocenters. The van der Waals surface area contributed by atoms with E-state index in [2.05, 4.69) is 11.1 Å². The third-order valence-electron chi connectivity index (χ3n) is 4.70. The van der Waals surface area contributed by atoms with E-state index < -0.39 is 5.97 Å². The Bertz CT molecular complexity index is 839. The first-order chi connectivity index (χ1) is 13.2. The van der Waals surface area contributed by atoms with Crippen LogP contribution in [0.2, 0.25) is 0 Å². The van der Waals surface area contributed by atoms with Gasteiger partial charge in [-0.25, -0.2) is 4.98 Å². The number of aromatic nitrogens is 1. The van der Waals surface area contributed by atoms with E-state index >= 15 is 0 Å². The number of carbonyl (C=O) groups is 2. The molecule has 0 N–H and O–H groups in total. The van der Waals surface area contributed by atoms with Crippen LogP contribution in [0.25, 0.3) is 11.1 Å². The highest BCUT2D eigenvalue weighted by molar-refractivity contribution is 7.99. The number of hydrogen-bond donors (Lipinski definition) is 0. The molecule has 0 atom stereocenters. The van der Waals surface area contributed by atoms with Crippen molar-refractivity contribution >= 4 is 34.7 Å². The number of amides is 1. The zero-order valence-corrected chi connectivity index (χ0v) is 15.9. The maximum Gasteiger partial charge on any atom is 0.316 e. The number of benzene rings is 1. The molecular formula is C20H22N2O4S. The van der Waals surface area contributed by atoms with Crippen LogP contribution in [-0.4, -0.2) is 40.2 Å². The van der Waals surface area contributed by atoms with Crippen LogP contribution in [-0.2, 0) is 14.3 Å². The fourth-order valence-electron chi connectivity index (χ4n) is 3.26. The smallest absolute Gasteiger partial charge is 0.316 e. The third-order valence-corrected chi connectivity index (χ3v) is 5.50. The lowest BCUT2D eigenvalue weighted by Gasteiger charge is -2.27. The monoisotopic (exact) mass is 386 g/mol. The fourth-order valence-corrected chi connectivity index (χ4v) is 3.89. The second-order valence-corrected chi connectivity index (χ2v) is 7.76. The van der Waals surface area contributed by atoms with Crippen molar-refractivity contribution < 1.29 is 18.7 Å². The summed E-state index contributed by atoms with van der Waals surface area (Å²) in [6.07, 6.45) is 8.47. The lowest BCUT2D eigenvalue weighted by atomic mass is 10.0. The highest BCUT2D eigenvalue weighted by Gasteiger charge is 2.35. The van der Waals surface area contributed by atoms with Crippen LogP contribution in [0.1, 0.15) is 38.5 Å². The molecule has 4 rings (SSSR count). The van der Waals surface area contributed by atoms with Crippen LogP contribution in [0.15, 0.2) is 45.7 Å². The summed E-state index contributed by atoms with van der Waals surface area (Å²) in [6, 6.07) is 7.72. The zero-order chi connectivity index (χ0) is 18.6. The predicted molar refractivity (Wildman–Crippen MR) is 102 cm³/mol. The Balaban J connectivity index is 1.27. The summed E-state index contributed by atoms with van der Waals surface area (Å²) in [5.41, 5.74) is 2.54. The number of allylic oxidation sites excluding steroid dienone is 2. The number of ether oxygens (including phenoxy) is 1. The molecule has 2 aromatic rings. The van der Waals surface area contributed by atoms with Gasteiger partial charge in [0.05, 0.1) is 0 Å². The average Bonchev–Trinajstić information content (AvgIpc) is 3.43. The average molecular weight is 386 g/mol. The largest absolute Gasteiger partial charge is 0.455 e. The first-order valence-electron chi connectivity index (χ1n) is 9.36. The predicted octanol–water partition coefficient (Wildman–Crippen LogP) is 3.91. The highest BCUT2D eigenvalue weighted by Crippen LogP contribution is 2.33. The number of esters is 1. The first-order valence-corrected chi connectivity index (χ1v) is 10.3. The molecule has 7 heteroatoms. The van der Waals surface area contributed by atoms with E-state index in [0.29, 0.717) is 10.8 Å². The summed E-state index contributed by atoms with van der Waals surface area (Å²) in [5.74, 6) is -0.499. The van der Waals surface area contributed by atoms with E-state index in [0.717, 1.165) is 43.3 Å². The molecule has 27 heavy (non-hydrogen) atoms. The number of para-hydroxylation sites is 2. The van der Waals surface area contributed by atoms with Gasteiger partial charge in [0.2, 0.25) is 0 Å². The van der Waals surface area contributed by atoms with Gasteiger partial charge in [0.1, 0.15) is 11.3 Å². The highest BCUT2D eigenvalue weighted by atomic mass is 32.2. The quantitative estimate of drug-likeness (QED) is 0.531. The van der Waals surface area contributed by atoms with Gasteiger partial charge in [-0.2, -0.15) is 0 Å². The zero-order valence-electron chi connectivity index (χ0n) is 15.1. The summed E-state index contributed by atoms with van der Waals surface area (Å²) in [6.45, 7) is -0.208. The van der Waals surface area contributed by atoms with Crippen LogP contribution >= 0.6 is 11.8 Å². The first kappa shape index (κ1) is 18.1. The summed E-state index contributed by atoms with van der Waals surface area (Å²) in [4.78, 5) is 30.8. The molecule has 142 valence electrons. The second kappa shape index (κ2) is 8.17. The summed E-state index contributed by atoms with van der Waals surface area (Å²) in [5, 5.41) is 0.423. The second-order valence-electron chi connectivity index (χ2n) is 6.83. The van der Waals surface area contributed by atoms with Gasteiger partial charge < -0.3 is 14.1 Å². The SMILES string of the molecule is O=C(CSc1nc2ccccc2o1)OCC(=O)N(C1=CCCCC1)C1CC1. The van der Waals surface area contributed by atoms with Crippen molar-refractivity contribution in [2.45, 2.75) is 49.8 Å². The summed E-state index contributed by atoms with van der Waals surface area (Å²) < 4.78 is 10.8. The lowest BCUT2D eigenvalue weighted by molar-refractivity contribution is -0.149. The Morgan fingerprint density at radius 1 is 1.26 bits per heavy atom. The molecule has 0 radical (unpaired) electrons. The minimum Gasteiger partial charge on any atom is -0.455 e. The minimum absolute atomic E-state index is 0.0617. The van der Waals surface area contributed by atoms with E-state index in [9.17, 15) is 9.59 Å². The molecule has 1 aromatic carbocycles. The molecule has 1 amide bonds. The van der Waals surface area contributed by atoms with Crippen molar-refractivity contribution in [3.63, 3.8) is 0 Å². The van der Waals surface area contributed by atoms with E-state index in [4.69, 9.17) is 9.15 Å². The number of thioether (sulfide) groups is 1. The number of rotatable bonds is 7. The third kappa shape index (κ3) is 4.53. The number of nitrogens with zero attached hydrogens (tertiary/aromatic N) is 2. The summed E-state index contributed by atoms with van der Waals surface area (Å²) in [7, 11) is 0. The van der Waals surface area contributed by atoms with Gasteiger partial charge >= 0.3 is 5.97 Å². The molecule has 1 saturated carbocycles. The molecule has 1 aromatic heterocycles. The van der Waals surface area contributed by atoms with E-state index in [1.165, 1.54) is 18.2 Å². The van der Waals surface area contributed by atoms with E-state index in [-0.39, 0.29) is 24.3 Å². The van der Waals surface area contributed by atoms with Gasteiger partial charge in [0.15, 0.2) is 12.2 Å². The van der Waals surface area contributed by atoms with Gasteiger partial charge in [0, 0.05) is 11.7 Å². The Labute approximate surface area is 161 Å². The molecule has 1 heterocycles. The number of hydrogen-bond acceptors (Lipinski definition) is 6. The molecule has 0 bridgehead atoms. The molecule has 2 aliphatic carbocycles. The van der Waals surface area contributed by atoms with Gasteiger partial charge in [-0.1, -0.05) is 30.0 Å². The van der Waals surface area contributed by atoms with Crippen LogP contribution in [0.5, 0.6) is 0 Å². The number of carbonyl (C=O) groups excluding carboxylic acids is 2. The van der Waals surface area contributed by atoms with E-state index in [1.54, 1.807) is 0 Å². The molecule has 6 nitrogen and oxygen atoms in total. The number of oxazole rings is 1. The Kier molecular flexibility index (Phi) is 5.48. The van der Waals surface area contributed by atoms with Crippen molar-refractivity contribution in [3.05, 3.63) is 36.0 Å². The number of fused-ring (bicyclic) bond motifs is 1. The lowest BCUT2D eigenvalue weighted by Crippen LogP contribution is -2.36. The van der Waals surface area contributed by atoms with Crippen molar-refractivity contribution in [1.82, 2.24) is 9.88 Å². The molecule has 0 spiro atoms. The Morgan fingerprint density at radius 2 is 2.11 bits per heavy atom. The van der Waals surface area contributed by atoms with Crippen molar-refractivity contribution in [2.24, 2.45) is 0 Å². The van der Waals surface area contributed by atoms with Crippen molar-refractivity contribution in [1.29, 1.82) is 0 Å². The molecule has 2 aliphatic rings. The van der Waals surface area contributed by atoms with Gasteiger partial charge in [-0.3, -0.25) is 9.59 Å². The normalized spacial score (nSPS) is 16.8. The van der Waals surface area contributed by atoms with E-state index in [1.807, 2.05) is 29.2 Å². The van der Waals surface area contributed by atoms with Crippen LogP contribution in [0.3, 0.4) is 0 Å². The summed E-state index contributed by atoms with van der Waals surface area (Å²) >= 11 is 1.17. The van der Waals surface area contributed by atoms with Crippen molar-refractivity contribution in [3.8, 4) is 0 Å². The Morgan fingerprint density at radius 3 is 2.85 bits per heavy atom. The molecule has 0 aliphatic heterocycles. The molecular weight excluding hydrogens is 364 g/mol. The van der Waals surface area contributed by atoms with Crippen LogP contribution in [0, 0.1) is 0 Å². The van der Waals surface area contributed by atoms with Gasteiger partial charge in [-0.05, 0) is 50.7 Å². The topological polar surface area (TPSA) is 72.6 Å². The maximum absolute atomic E-state index is 12.6. The van der Waals surface area contributed by atoms with Crippen LogP contribution in [0.4, 0.5) is 0 Å². The molecule has 1 fully saturated rings. The fraction of sp³-hybridized carbons (Fsp3) is 0.450. The minimum atomic E-state index is -0.441. The van der Waals surface area contributed by atoms with Gasteiger partial charge in [0.25, 0.3) is 11.1 Å². The van der Waals surface area contributed by atoms with Crippen molar-refractivity contribution in [2.75, 3.05) is 12.4 Å². The molecule has 0 saturated heterocycles. The van der Waals surface area contributed by atoms with Crippen LogP contribution < -0.4 is 0 Å². The maximum atomic E-state index is 12.6. The van der Waals surface area contributed by atoms with Gasteiger partial charge in [-0.15, -0.1) is 0 Å².